The number of aliphatic hydroxyl groups is 1. The predicted octanol–water partition coefficient (Wildman–Crippen LogP) is 16.3. The van der Waals surface area contributed by atoms with Crippen LogP contribution in [0.25, 0.3) is 0 Å². The van der Waals surface area contributed by atoms with Crippen LogP contribution in [-0.4, -0.2) is 39.6 Å². The highest BCUT2D eigenvalue weighted by Gasteiger charge is 2.24. The third kappa shape index (κ3) is 48.2. The second-order valence-corrected chi connectivity index (χ2v) is 19.4. The van der Waals surface area contributed by atoms with Gasteiger partial charge in [0.15, 0.2) is 0 Å². The first kappa shape index (κ1) is 58.3. The molecule has 59 heavy (non-hydrogen) atoms. The summed E-state index contributed by atoms with van der Waals surface area (Å²) in [6.07, 6.45) is 58.5. The van der Waals surface area contributed by atoms with Crippen LogP contribution in [0, 0.1) is 0 Å². The van der Waals surface area contributed by atoms with Crippen molar-refractivity contribution in [2.24, 2.45) is 0 Å². The van der Waals surface area contributed by atoms with Crippen molar-refractivity contribution in [3.8, 4) is 0 Å². The monoisotopic (exact) mass is 856 g/mol. The summed E-state index contributed by atoms with van der Waals surface area (Å²) < 4.78 is 16.0. The van der Waals surface area contributed by atoms with Crippen molar-refractivity contribution in [1.82, 2.24) is 5.32 Å². The zero-order chi connectivity index (χ0) is 43.2. The minimum atomic E-state index is -4.71. The lowest BCUT2D eigenvalue weighted by Crippen LogP contribution is -2.45. The number of nitrogens with one attached hydrogen (secondary N) is 1. The summed E-state index contributed by atoms with van der Waals surface area (Å²) >= 11 is 0. The molecule has 0 aliphatic carbocycles. The molecule has 0 aliphatic rings. The molecule has 0 aromatic heterocycles. The van der Waals surface area contributed by atoms with Gasteiger partial charge in [-0.3, -0.25) is 9.32 Å². The summed E-state index contributed by atoms with van der Waals surface area (Å²) in [7, 11) is -4.71. The molecule has 0 aromatic rings. The highest BCUT2D eigenvalue weighted by atomic mass is 31.2. The summed E-state index contributed by atoms with van der Waals surface area (Å²) in [6, 6.07) is -0.905. The summed E-state index contributed by atoms with van der Waals surface area (Å²) in [4.78, 5) is 31.0. The van der Waals surface area contributed by atoms with E-state index in [4.69, 9.17) is 0 Å². The molecule has 7 nitrogen and oxygen atoms in total. The van der Waals surface area contributed by atoms with Crippen LogP contribution in [-0.2, 0) is 13.9 Å². The molecule has 0 spiro atoms. The molecular weight excluding hydrogens is 754 g/mol. The lowest BCUT2D eigenvalue weighted by Gasteiger charge is -2.22. The maximum absolute atomic E-state index is 12.6. The van der Waals surface area contributed by atoms with Crippen LogP contribution in [0.2, 0.25) is 0 Å². The molecule has 1 amide bonds. The van der Waals surface area contributed by atoms with Crippen molar-refractivity contribution in [3.63, 3.8) is 0 Å². The molecule has 0 saturated carbocycles. The predicted molar refractivity (Wildman–Crippen MR) is 255 cm³/mol. The van der Waals surface area contributed by atoms with Crippen LogP contribution in [0.1, 0.15) is 290 Å². The second kappa shape index (κ2) is 46.8. The van der Waals surface area contributed by atoms with Gasteiger partial charge in [-0.1, -0.05) is 276 Å². The number of phosphoric ester groups is 1. The number of rotatable bonds is 49. The number of allylic oxidation sites excluding steroid dienone is 1. The van der Waals surface area contributed by atoms with E-state index < -0.39 is 26.6 Å². The third-order valence-electron chi connectivity index (χ3n) is 12.2. The first-order valence-electron chi connectivity index (χ1n) is 26.1. The molecule has 0 aliphatic heterocycles. The molecule has 0 unspecified atom stereocenters. The van der Waals surface area contributed by atoms with Gasteiger partial charge in [-0.15, -0.1) is 0 Å². The number of aliphatic hydroxyl groups excluding tert-OH is 1. The number of amides is 1. The Morgan fingerprint density at radius 3 is 1.03 bits per heavy atom. The van der Waals surface area contributed by atoms with Gasteiger partial charge < -0.3 is 20.2 Å². The van der Waals surface area contributed by atoms with Gasteiger partial charge in [-0.2, -0.15) is 0 Å². The van der Waals surface area contributed by atoms with Crippen LogP contribution in [0.15, 0.2) is 12.2 Å². The largest absolute Gasteiger partial charge is 0.469 e. The van der Waals surface area contributed by atoms with Crippen LogP contribution in [0.5, 0.6) is 0 Å². The Morgan fingerprint density at radius 1 is 0.475 bits per heavy atom. The minimum Gasteiger partial charge on any atom is -0.387 e. The average Bonchev–Trinajstić information content (AvgIpc) is 3.21. The van der Waals surface area contributed by atoms with Gasteiger partial charge in [0.2, 0.25) is 5.91 Å². The fraction of sp³-hybridized carbons (Fsp3) is 0.941. The van der Waals surface area contributed by atoms with E-state index in [1.807, 2.05) is 6.08 Å². The molecule has 0 fully saturated rings. The van der Waals surface area contributed by atoms with E-state index in [1.54, 1.807) is 6.08 Å². The fourth-order valence-corrected chi connectivity index (χ4v) is 8.64. The average molecular weight is 856 g/mol. The zero-order valence-corrected chi connectivity index (χ0v) is 40.3. The Hall–Kier alpha value is -0.720. The Labute approximate surface area is 367 Å². The highest BCUT2D eigenvalue weighted by Crippen LogP contribution is 2.36. The molecule has 0 radical (unpaired) electrons. The summed E-state index contributed by atoms with van der Waals surface area (Å²) in [5, 5.41) is 13.4. The Kier molecular flexibility index (Phi) is 46.2. The number of unbranched alkanes of at least 4 members (excludes halogenated alkanes) is 40. The van der Waals surface area contributed by atoms with E-state index in [-0.39, 0.29) is 5.91 Å². The van der Waals surface area contributed by atoms with Crippen molar-refractivity contribution in [1.29, 1.82) is 0 Å². The number of phosphoric acid groups is 1. The van der Waals surface area contributed by atoms with Crippen molar-refractivity contribution < 1.29 is 28.8 Å². The number of carbonyl (C=O) groups excluding carboxylic acids is 1. The van der Waals surface area contributed by atoms with Crippen molar-refractivity contribution in [3.05, 3.63) is 12.2 Å². The lowest BCUT2D eigenvalue weighted by molar-refractivity contribution is -0.123. The number of carbonyl (C=O) groups is 1. The second-order valence-electron chi connectivity index (χ2n) is 18.2. The van der Waals surface area contributed by atoms with Gasteiger partial charge in [0.1, 0.15) is 0 Å². The van der Waals surface area contributed by atoms with Crippen molar-refractivity contribution >= 4 is 13.7 Å². The maximum atomic E-state index is 12.6. The highest BCUT2D eigenvalue weighted by molar-refractivity contribution is 7.46. The van der Waals surface area contributed by atoms with Gasteiger partial charge in [-0.05, 0) is 19.3 Å². The van der Waals surface area contributed by atoms with Crippen molar-refractivity contribution in [2.45, 2.75) is 302 Å². The van der Waals surface area contributed by atoms with Crippen LogP contribution >= 0.6 is 7.82 Å². The normalized spacial score (nSPS) is 13.1. The Morgan fingerprint density at radius 2 is 0.746 bits per heavy atom. The van der Waals surface area contributed by atoms with Gasteiger partial charge in [0.05, 0.1) is 18.8 Å². The first-order valence-corrected chi connectivity index (χ1v) is 27.7. The maximum Gasteiger partial charge on any atom is 0.469 e. The molecule has 352 valence electrons. The smallest absolute Gasteiger partial charge is 0.387 e. The van der Waals surface area contributed by atoms with Gasteiger partial charge in [0, 0.05) is 6.42 Å². The molecule has 0 bridgehead atoms. The summed E-state index contributed by atoms with van der Waals surface area (Å²) in [5.74, 6) is -0.220. The lowest BCUT2D eigenvalue weighted by atomic mass is 10.0. The topological polar surface area (TPSA) is 116 Å². The Bertz CT molecular complexity index is 926. The van der Waals surface area contributed by atoms with Crippen molar-refractivity contribution in [2.75, 3.05) is 6.61 Å². The first-order chi connectivity index (χ1) is 28.8. The molecule has 4 N–H and O–H groups in total. The SMILES string of the molecule is CCCCCCCCCCCCC/C=C/[C@@H](O)[C@H](COP(=O)(O)O)NC(=O)CCCCCCCCCCCCCCCCCCCCCCCCCCCCCCCC. The molecule has 0 heterocycles. The fourth-order valence-electron chi connectivity index (χ4n) is 8.29. The zero-order valence-electron chi connectivity index (χ0n) is 39.4. The van der Waals surface area contributed by atoms with E-state index in [2.05, 4.69) is 23.7 Å². The third-order valence-corrected chi connectivity index (χ3v) is 12.7. The van der Waals surface area contributed by atoms with Crippen LogP contribution < -0.4 is 5.32 Å². The molecule has 0 saturated heterocycles. The molecule has 0 aromatic carbocycles. The summed E-state index contributed by atoms with van der Waals surface area (Å²) in [5.41, 5.74) is 0. The quantitative estimate of drug-likeness (QED) is 0.0275. The van der Waals surface area contributed by atoms with E-state index in [0.29, 0.717) is 6.42 Å². The van der Waals surface area contributed by atoms with E-state index in [1.165, 1.54) is 231 Å². The number of hydrogen-bond donors (Lipinski definition) is 4. The Balaban J connectivity index is 3.68. The minimum absolute atomic E-state index is 0.220. The van der Waals surface area contributed by atoms with Crippen LogP contribution in [0.3, 0.4) is 0 Å². The molecule has 8 heteroatoms. The van der Waals surface area contributed by atoms with Gasteiger partial charge in [-0.25, -0.2) is 4.57 Å². The number of hydrogen-bond acceptors (Lipinski definition) is 4. The molecule has 2 atom stereocenters. The molecule has 0 rings (SSSR count). The van der Waals surface area contributed by atoms with Crippen LogP contribution in [0.4, 0.5) is 0 Å². The van der Waals surface area contributed by atoms with Gasteiger partial charge in [0.25, 0.3) is 0 Å². The van der Waals surface area contributed by atoms with E-state index >= 15 is 0 Å². The standard InChI is InChI=1S/C51H102NO6P/c1-3-5-7-9-11-13-15-17-18-19-20-21-22-23-24-25-26-27-28-29-30-31-32-33-35-37-39-41-43-45-47-51(54)52-49(48-58-59(55,56)57)50(53)46-44-42-40-38-36-34-16-14-12-10-8-6-4-2/h44,46,49-50,53H,3-43,45,47-48H2,1-2H3,(H,52,54)(H2,55,56,57)/b46-44+/t49-,50+/m0/s1. The summed E-state index contributed by atoms with van der Waals surface area (Å²) in [6.45, 7) is 4.10. The van der Waals surface area contributed by atoms with Gasteiger partial charge >= 0.3 is 7.82 Å². The van der Waals surface area contributed by atoms with E-state index in [9.17, 15) is 24.3 Å². The van der Waals surface area contributed by atoms with E-state index in [0.717, 1.165) is 38.5 Å². The molecular formula is C51H102NO6P.